The predicted molar refractivity (Wildman–Crippen MR) is 108 cm³/mol. The van der Waals surface area contributed by atoms with Gasteiger partial charge in [-0.2, -0.15) is 0 Å². The lowest BCUT2D eigenvalue weighted by Gasteiger charge is -2.26. The summed E-state index contributed by atoms with van der Waals surface area (Å²) in [6.07, 6.45) is 2.62. The first-order valence-electron chi connectivity index (χ1n) is 8.96. The average Bonchev–Trinajstić information content (AvgIpc) is 2.94. The van der Waals surface area contributed by atoms with E-state index >= 15 is 0 Å². The van der Waals surface area contributed by atoms with Crippen molar-refractivity contribution in [2.75, 3.05) is 4.90 Å². The lowest BCUT2D eigenvalue weighted by Crippen LogP contribution is -2.32. The number of nitrogens with zero attached hydrogens (tertiary/aromatic N) is 1. The van der Waals surface area contributed by atoms with Crippen LogP contribution < -0.4 is 9.64 Å². The molecule has 0 aliphatic carbocycles. The van der Waals surface area contributed by atoms with Crippen LogP contribution in [-0.4, -0.2) is 11.8 Å². The number of carbonyl (C=O) groups is 2. The van der Waals surface area contributed by atoms with Crippen molar-refractivity contribution < 1.29 is 14.3 Å². The van der Waals surface area contributed by atoms with Crippen molar-refractivity contribution in [2.45, 2.75) is 39.5 Å². The van der Waals surface area contributed by atoms with E-state index in [-0.39, 0.29) is 23.7 Å². The van der Waals surface area contributed by atoms with E-state index in [4.69, 9.17) is 16.3 Å². The van der Waals surface area contributed by atoms with Crippen LogP contribution in [0.1, 0.15) is 50.7 Å². The van der Waals surface area contributed by atoms with Gasteiger partial charge >= 0.3 is 0 Å². The van der Waals surface area contributed by atoms with E-state index < -0.39 is 0 Å². The van der Waals surface area contributed by atoms with Gasteiger partial charge in [0.05, 0.1) is 10.7 Å². The van der Waals surface area contributed by atoms with Gasteiger partial charge in [-0.15, -0.1) is 0 Å². The molecule has 140 valence electrons. The molecule has 1 aliphatic rings. The van der Waals surface area contributed by atoms with Crippen molar-refractivity contribution in [1.29, 1.82) is 0 Å². The zero-order valence-electron chi connectivity index (χ0n) is 15.8. The Morgan fingerprint density at radius 1 is 0.889 bits per heavy atom. The van der Waals surface area contributed by atoms with Gasteiger partial charge in [0.1, 0.15) is 11.5 Å². The maximum Gasteiger partial charge on any atom is 0.258 e. The van der Waals surface area contributed by atoms with Crippen LogP contribution in [0.15, 0.2) is 48.6 Å². The summed E-state index contributed by atoms with van der Waals surface area (Å²) in [5.41, 5.74) is 2.42. The van der Waals surface area contributed by atoms with E-state index in [0.717, 1.165) is 11.1 Å². The summed E-state index contributed by atoms with van der Waals surface area (Å²) in [6.45, 7) is 8.11. The van der Waals surface area contributed by atoms with Gasteiger partial charge in [0.2, 0.25) is 0 Å². The number of hydrogen-bond donors (Lipinski definition) is 0. The smallest absolute Gasteiger partial charge is 0.258 e. The molecule has 4 nitrogen and oxygen atoms in total. The van der Waals surface area contributed by atoms with Crippen LogP contribution in [0.4, 0.5) is 5.69 Å². The molecule has 1 heterocycles. The fourth-order valence-corrected chi connectivity index (χ4v) is 3.30. The van der Waals surface area contributed by atoms with Crippen molar-refractivity contribution in [3.63, 3.8) is 0 Å². The number of benzene rings is 2. The Hall–Kier alpha value is -2.59. The number of anilines is 1. The number of hydrogen-bond acceptors (Lipinski definition) is 3. The molecule has 3 rings (SSSR count). The first-order valence-corrected chi connectivity index (χ1v) is 9.33. The molecule has 0 saturated carbocycles. The van der Waals surface area contributed by atoms with Gasteiger partial charge in [0.25, 0.3) is 11.8 Å². The summed E-state index contributed by atoms with van der Waals surface area (Å²) in [5.74, 6) is 0.742. The third-order valence-electron chi connectivity index (χ3n) is 4.48. The molecule has 2 aromatic rings. The first-order chi connectivity index (χ1) is 12.8. The molecule has 0 radical (unpaired) electrons. The van der Waals surface area contributed by atoms with E-state index in [2.05, 4.69) is 0 Å². The summed E-state index contributed by atoms with van der Waals surface area (Å²) in [7, 11) is 0. The second-order valence-corrected chi connectivity index (χ2v) is 7.54. The Labute approximate surface area is 164 Å². The largest absolute Gasteiger partial charge is 0.456 e. The summed E-state index contributed by atoms with van der Waals surface area (Å²) >= 11 is 6.22. The van der Waals surface area contributed by atoms with Crippen molar-refractivity contribution in [1.82, 2.24) is 0 Å². The molecule has 27 heavy (non-hydrogen) atoms. The lowest BCUT2D eigenvalue weighted by atomic mass is 9.91. The molecule has 0 spiro atoms. The van der Waals surface area contributed by atoms with E-state index in [9.17, 15) is 9.59 Å². The predicted octanol–water partition coefficient (Wildman–Crippen LogP) is 5.81. The van der Waals surface area contributed by atoms with E-state index in [1.165, 1.54) is 17.1 Å². The molecular weight excluding hydrogens is 362 g/mol. The van der Waals surface area contributed by atoms with Gasteiger partial charge in [0.15, 0.2) is 0 Å². The lowest BCUT2D eigenvalue weighted by molar-refractivity contribution is -0.120. The highest BCUT2D eigenvalue weighted by molar-refractivity contribution is 6.32. The number of amides is 2. The Balaban J connectivity index is 2.15. The number of ether oxygens (including phenoxy) is 1. The molecule has 0 N–H and O–H groups in total. The molecular formula is C22H22ClNO3. The fourth-order valence-electron chi connectivity index (χ4n) is 3.12. The van der Waals surface area contributed by atoms with E-state index in [1.807, 2.05) is 52.0 Å². The highest BCUT2D eigenvalue weighted by atomic mass is 35.5. The maximum absolute atomic E-state index is 12.3. The minimum absolute atomic E-state index is 0.0912. The van der Waals surface area contributed by atoms with E-state index in [1.54, 1.807) is 12.1 Å². The molecule has 0 saturated heterocycles. The van der Waals surface area contributed by atoms with Gasteiger partial charge in [-0.25, -0.2) is 4.90 Å². The van der Waals surface area contributed by atoms with Crippen LogP contribution in [0.3, 0.4) is 0 Å². The number of rotatable bonds is 5. The van der Waals surface area contributed by atoms with Crippen LogP contribution in [0.2, 0.25) is 5.02 Å². The van der Waals surface area contributed by atoms with Gasteiger partial charge in [0, 0.05) is 12.2 Å². The van der Waals surface area contributed by atoms with Gasteiger partial charge in [-0.3, -0.25) is 9.59 Å². The Bertz CT molecular complexity index is 884. The number of para-hydroxylation sites is 1. The molecule has 5 heteroatoms. The summed E-state index contributed by atoms with van der Waals surface area (Å²) < 4.78 is 6.03. The van der Waals surface area contributed by atoms with Gasteiger partial charge < -0.3 is 4.74 Å². The normalized spacial score (nSPS) is 14.0. The standard InChI is InChI=1S/C22H22ClNO3/c1-13(2)16-11-15(27-19-8-6-5-7-18(19)23)12-17(14(3)4)22(16)24-20(25)9-10-21(24)26/h5-14H,1-4H3. The van der Waals surface area contributed by atoms with Crippen LogP contribution in [0.5, 0.6) is 11.5 Å². The molecule has 1 aliphatic heterocycles. The topological polar surface area (TPSA) is 46.6 Å². The third-order valence-corrected chi connectivity index (χ3v) is 4.80. The molecule has 0 bridgehead atoms. The van der Waals surface area contributed by atoms with Gasteiger partial charge in [-0.05, 0) is 47.2 Å². The minimum atomic E-state index is -0.316. The molecule has 2 aromatic carbocycles. The Kier molecular flexibility index (Phi) is 5.38. The van der Waals surface area contributed by atoms with E-state index in [0.29, 0.717) is 22.2 Å². The van der Waals surface area contributed by atoms with Crippen LogP contribution in [0, 0.1) is 0 Å². The second kappa shape index (κ2) is 7.57. The SMILES string of the molecule is CC(C)c1cc(Oc2ccccc2Cl)cc(C(C)C)c1N1C(=O)C=CC1=O. The third kappa shape index (κ3) is 3.76. The summed E-state index contributed by atoms with van der Waals surface area (Å²) in [4.78, 5) is 25.9. The molecule has 2 amide bonds. The monoisotopic (exact) mass is 383 g/mol. The molecule has 0 aromatic heterocycles. The van der Waals surface area contributed by atoms with Crippen LogP contribution in [-0.2, 0) is 9.59 Å². The molecule has 0 unspecified atom stereocenters. The maximum atomic E-state index is 12.3. The Morgan fingerprint density at radius 3 is 1.89 bits per heavy atom. The van der Waals surface area contributed by atoms with Gasteiger partial charge in [-0.1, -0.05) is 51.4 Å². The molecule has 0 atom stereocenters. The number of halogens is 1. The summed E-state index contributed by atoms with van der Waals surface area (Å²) in [6, 6.07) is 11.0. The second-order valence-electron chi connectivity index (χ2n) is 7.14. The van der Waals surface area contributed by atoms with Crippen LogP contribution in [0.25, 0.3) is 0 Å². The Morgan fingerprint density at radius 2 is 1.41 bits per heavy atom. The minimum Gasteiger partial charge on any atom is -0.456 e. The number of imide groups is 1. The van der Waals surface area contributed by atoms with Crippen molar-refractivity contribution >= 4 is 29.1 Å². The quantitative estimate of drug-likeness (QED) is 0.612. The highest BCUT2D eigenvalue weighted by Crippen LogP contribution is 2.41. The number of carbonyl (C=O) groups excluding carboxylic acids is 2. The zero-order valence-corrected chi connectivity index (χ0v) is 16.6. The average molecular weight is 384 g/mol. The van der Waals surface area contributed by atoms with Crippen molar-refractivity contribution in [3.8, 4) is 11.5 Å². The first kappa shape index (κ1) is 19.2. The van der Waals surface area contributed by atoms with Crippen LogP contribution >= 0.6 is 11.6 Å². The molecule has 0 fully saturated rings. The van der Waals surface area contributed by atoms with Crippen molar-refractivity contribution in [3.05, 3.63) is 64.7 Å². The van der Waals surface area contributed by atoms with Crippen molar-refractivity contribution in [2.24, 2.45) is 0 Å². The zero-order chi connectivity index (χ0) is 19.7. The fraction of sp³-hybridized carbons (Fsp3) is 0.273. The highest BCUT2D eigenvalue weighted by Gasteiger charge is 2.31. The summed E-state index contributed by atoms with van der Waals surface area (Å²) in [5, 5.41) is 0.521.